The molecule has 0 spiro atoms. The van der Waals surface area contributed by atoms with Crippen molar-refractivity contribution in [3.8, 4) is 27.9 Å². The fraction of sp³-hybridized carbons (Fsp3) is 0. The van der Waals surface area contributed by atoms with Gasteiger partial charge in [0, 0.05) is 31.7 Å². The van der Waals surface area contributed by atoms with E-state index in [1.807, 2.05) is 0 Å². The van der Waals surface area contributed by atoms with Crippen LogP contribution in [0.1, 0.15) is 0 Å². The van der Waals surface area contributed by atoms with Crippen LogP contribution in [-0.2, 0) is 0 Å². The fourth-order valence-corrected chi connectivity index (χ4v) is 7.24. The van der Waals surface area contributed by atoms with Crippen LogP contribution in [0.15, 0.2) is 154 Å². The SMILES string of the molecule is Brc1ccccc1-c1ccccc1-c1ccc2c3ccccc3n(-c3ccc4oc5ccc6ccccc6c5c4c3)c2c1. The second-order valence-corrected chi connectivity index (χ2v) is 11.9. The Balaban J connectivity index is 1.32. The molecule has 0 aliphatic heterocycles. The maximum absolute atomic E-state index is 6.34. The van der Waals surface area contributed by atoms with E-state index in [9.17, 15) is 0 Å². The topological polar surface area (TPSA) is 18.1 Å². The third-order valence-electron chi connectivity index (χ3n) is 8.68. The van der Waals surface area contributed by atoms with E-state index in [0.29, 0.717) is 0 Å². The molecule has 3 heteroatoms. The molecule has 0 aliphatic rings. The highest BCUT2D eigenvalue weighted by Crippen LogP contribution is 2.41. The van der Waals surface area contributed by atoms with Gasteiger partial charge in [0.25, 0.3) is 0 Å². The number of hydrogen-bond donors (Lipinski definition) is 0. The molecule has 2 nitrogen and oxygen atoms in total. The summed E-state index contributed by atoms with van der Waals surface area (Å²) in [5, 5.41) is 7.20. The first-order chi connectivity index (χ1) is 21.2. The largest absolute Gasteiger partial charge is 0.456 e. The predicted molar refractivity (Wildman–Crippen MR) is 184 cm³/mol. The summed E-state index contributed by atoms with van der Waals surface area (Å²) < 4.78 is 9.83. The summed E-state index contributed by atoms with van der Waals surface area (Å²) in [5.41, 5.74) is 10.1. The van der Waals surface area contributed by atoms with Gasteiger partial charge in [0.2, 0.25) is 0 Å². The number of halogens is 1. The van der Waals surface area contributed by atoms with Gasteiger partial charge in [-0.2, -0.15) is 0 Å². The average Bonchev–Trinajstić information content (AvgIpc) is 3.60. The van der Waals surface area contributed by atoms with Crippen molar-refractivity contribution in [2.75, 3.05) is 0 Å². The van der Waals surface area contributed by atoms with E-state index in [-0.39, 0.29) is 0 Å². The molecule has 0 unspecified atom stereocenters. The first kappa shape index (κ1) is 24.5. The van der Waals surface area contributed by atoms with Gasteiger partial charge in [-0.15, -0.1) is 0 Å². The van der Waals surface area contributed by atoms with Crippen molar-refractivity contribution in [2.24, 2.45) is 0 Å². The van der Waals surface area contributed by atoms with Crippen molar-refractivity contribution >= 4 is 70.4 Å². The maximum atomic E-state index is 6.34. The fourth-order valence-electron chi connectivity index (χ4n) is 6.74. The van der Waals surface area contributed by atoms with Crippen molar-refractivity contribution in [1.82, 2.24) is 4.57 Å². The van der Waals surface area contributed by atoms with Crippen LogP contribution in [0.2, 0.25) is 0 Å². The van der Waals surface area contributed by atoms with Gasteiger partial charge >= 0.3 is 0 Å². The van der Waals surface area contributed by atoms with Crippen LogP contribution in [0.25, 0.3) is 82.5 Å². The highest BCUT2D eigenvalue weighted by molar-refractivity contribution is 9.10. The number of para-hydroxylation sites is 1. The van der Waals surface area contributed by atoms with Gasteiger partial charge in [-0.3, -0.25) is 0 Å². The van der Waals surface area contributed by atoms with E-state index in [2.05, 4.69) is 166 Å². The Bertz CT molecular complexity index is 2530. The lowest BCUT2D eigenvalue weighted by Crippen LogP contribution is -1.94. The molecule has 2 heterocycles. The quantitative estimate of drug-likeness (QED) is 0.194. The van der Waals surface area contributed by atoms with Gasteiger partial charge in [-0.25, -0.2) is 0 Å². The molecular formula is C40H24BrNO. The van der Waals surface area contributed by atoms with Crippen molar-refractivity contribution in [3.05, 3.63) is 150 Å². The van der Waals surface area contributed by atoms with E-state index in [1.54, 1.807) is 0 Å². The molecule has 2 aromatic heterocycles. The van der Waals surface area contributed by atoms with E-state index in [4.69, 9.17) is 4.42 Å². The zero-order valence-electron chi connectivity index (χ0n) is 23.1. The van der Waals surface area contributed by atoms with Gasteiger partial charge in [0.05, 0.1) is 11.0 Å². The molecule has 0 saturated heterocycles. The maximum Gasteiger partial charge on any atom is 0.136 e. The second-order valence-electron chi connectivity index (χ2n) is 11.1. The zero-order chi connectivity index (χ0) is 28.5. The third kappa shape index (κ3) is 3.72. The number of fused-ring (bicyclic) bond motifs is 8. The van der Waals surface area contributed by atoms with Gasteiger partial charge in [0.15, 0.2) is 0 Å². The molecule has 7 aromatic carbocycles. The molecular weight excluding hydrogens is 590 g/mol. The summed E-state index contributed by atoms with van der Waals surface area (Å²) in [5.74, 6) is 0. The molecule has 0 bridgehead atoms. The summed E-state index contributed by atoms with van der Waals surface area (Å²) in [6.07, 6.45) is 0. The Morgan fingerprint density at radius 2 is 1.16 bits per heavy atom. The molecule has 0 fully saturated rings. The lowest BCUT2D eigenvalue weighted by atomic mass is 9.94. The molecule has 9 aromatic rings. The molecule has 0 atom stereocenters. The summed E-state index contributed by atoms with van der Waals surface area (Å²) >= 11 is 3.78. The van der Waals surface area contributed by atoms with Gasteiger partial charge in [0.1, 0.15) is 11.2 Å². The first-order valence-electron chi connectivity index (χ1n) is 14.5. The van der Waals surface area contributed by atoms with Crippen molar-refractivity contribution in [1.29, 1.82) is 0 Å². The normalized spacial score (nSPS) is 11.8. The van der Waals surface area contributed by atoms with Crippen LogP contribution in [0.4, 0.5) is 0 Å². The van der Waals surface area contributed by atoms with Crippen LogP contribution >= 0.6 is 15.9 Å². The van der Waals surface area contributed by atoms with E-state index in [0.717, 1.165) is 26.7 Å². The van der Waals surface area contributed by atoms with Crippen molar-refractivity contribution in [3.63, 3.8) is 0 Å². The standard InChI is InChI=1S/C40H24BrNO/c41-35-15-7-5-13-31(35)30-12-4-3-10-28(30)26-17-20-33-32-14-6-8-16-36(32)42(37(33)23-26)27-19-22-38-34(24-27)40-29-11-2-1-9-25(29)18-21-39(40)43-38/h1-24H. The Morgan fingerprint density at radius 3 is 2.05 bits per heavy atom. The smallest absolute Gasteiger partial charge is 0.136 e. The second kappa shape index (κ2) is 9.45. The predicted octanol–water partition coefficient (Wildman–Crippen LogP) is 11.9. The number of rotatable bonds is 3. The minimum atomic E-state index is 0.902. The number of furan rings is 1. The summed E-state index contributed by atoms with van der Waals surface area (Å²) in [7, 11) is 0. The Morgan fingerprint density at radius 1 is 0.465 bits per heavy atom. The summed E-state index contributed by atoms with van der Waals surface area (Å²) in [6, 6.07) is 52.0. The van der Waals surface area contributed by atoms with Crippen LogP contribution in [0.5, 0.6) is 0 Å². The number of hydrogen-bond acceptors (Lipinski definition) is 1. The Kier molecular flexibility index (Phi) is 5.38. The van der Waals surface area contributed by atoms with Gasteiger partial charge in [-0.05, 0) is 75.5 Å². The number of nitrogens with zero attached hydrogens (tertiary/aromatic N) is 1. The number of aromatic nitrogens is 1. The average molecular weight is 615 g/mol. The molecule has 0 saturated carbocycles. The van der Waals surface area contributed by atoms with E-state index >= 15 is 0 Å². The zero-order valence-corrected chi connectivity index (χ0v) is 24.7. The molecule has 202 valence electrons. The molecule has 0 N–H and O–H groups in total. The monoisotopic (exact) mass is 613 g/mol. The van der Waals surface area contributed by atoms with Crippen molar-refractivity contribution < 1.29 is 4.42 Å². The Hall–Kier alpha value is -5.12. The van der Waals surface area contributed by atoms with Crippen LogP contribution in [0, 0.1) is 0 Å². The van der Waals surface area contributed by atoms with E-state index in [1.165, 1.54) is 60.2 Å². The van der Waals surface area contributed by atoms with Crippen LogP contribution < -0.4 is 0 Å². The first-order valence-corrected chi connectivity index (χ1v) is 15.3. The highest BCUT2D eigenvalue weighted by Gasteiger charge is 2.17. The minimum Gasteiger partial charge on any atom is -0.456 e. The molecule has 43 heavy (non-hydrogen) atoms. The lowest BCUT2D eigenvalue weighted by molar-refractivity contribution is 0.669. The molecule has 9 rings (SSSR count). The number of benzene rings is 7. The Labute approximate surface area is 256 Å². The highest BCUT2D eigenvalue weighted by atomic mass is 79.9. The van der Waals surface area contributed by atoms with Crippen LogP contribution in [0.3, 0.4) is 0 Å². The van der Waals surface area contributed by atoms with Gasteiger partial charge in [-0.1, -0.05) is 119 Å². The molecule has 0 radical (unpaired) electrons. The van der Waals surface area contributed by atoms with Crippen molar-refractivity contribution in [2.45, 2.75) is 0 Å². The lowest BCUT2D eigenvalue weighted by Gasteiger charge is -2.13. The molecule has 0 aliphatic carbocycles. The van der Waals surface area contributed by atoms with E-state index < -0.39 is 0 Å². The summed E-state index contributed by atoms with van der Waals surface area (Å²) in [6.45, 7) is 0. The minimum absolute atomic E-state index is 0.902. The van der Waals surface area contributed by atoms with Crippen LogP contribution in [-0.4, -0.2) is 4.57 Å². The van der Waals surface area contributed by atoms with Gasteiger partial charge < -0.3 is 8.98 Å². The summed E-state index contributed by atoms with van der Waals surface area (Å²) in [4.78, 5) is 0. The molecule has 0 amide bonds. The third-order valence-corrected chi connectivity index (χ3v) is 9.37.